The zero-order valence-corrected chi connectivity index (χ0v) is 16.8. The first-order valence-corrected chi connectivity index (χ1v) is 10.1. The summed E-state index contributed by atoms with van der Waals surface area (Å²) in [4.78, 5) is 4.74. The maximum absolute atomic E-state index is 5.44. The van der Waals surface area contributed by atoms with Crippen LogP contribution < -0.4 is 4.74 Å². The molecule has 2 aromatic heterocycles. The Morgan fingerprint density at radius 1 is 1.33 bits per heavy atom. The average molecular weight is 425 g/mol. The van der Waals surface area contributed by atoms with Gasteiger partial charge in [0.2, 0.25) is 0 Å². The number of aryl methyl sites for hydroxylation is 1. The first kappa shape index (κ1) is 17.4. The Morgan fingerprint density at radius 3 is 2.88 bits per heavy atom. The largest absolute Gasteiger partial charge is 0.496 e. The van der Waals surface area contributed by atoms with Crippen molar-refractivity contribution in [2.24, 2.45) is 7.05 Å². The number of halogens is 1. The van der Waals surface area contributed by atoms with Gasteiger partial charge in [-0.15, -0.1) is 21.5 Å². The molecular formula is C16H17BrN4OS2. The summed E-state index contributed by atoms with van der Waals surface area (Å²) in [7, 11) is 3.68. The lowest BCUT2D eigenvalue weighted by Crippen LogP contribution is -1.97. The van der Waals surface area contributed by atoms with Crippen LogP contribution in [0.1, 0.15) is 18.4 Å². The number of hydrogen-bond acceptors (Lipinski definition) is 6. The fraction of sp³-hybridized carbons (Fsp3) is 0.312. The van der Waals surface area contributed by atoms with Crippen LogP contribution in [0.15, 0.2) is 33.2 Å². The van der Waals surface area contributed by atoms with E-state index in [0.29, 0.717) is 0 Å². The molecule has 0 aliphatic rings. The number of hydrogen-bond donors (Lipinski definition) is 0. The van der Waals surface area contributed by atoms with Gasteiger partial charge in [0.25, 0.3) is 0 Å². The van der Waals surface area contributed by atoms with Gasteiger partial charge in [0, 0.05) is 29.1 Å². The molecule has 0 aliphatic carbocycles. The summed E-state index contributed by atoms with van der Waals surface area (Å²) in [6.07, 6.45) is 0.883. The number of rotatable bonds is 6. The van der Waals surface area contributed by atoms with Crippen LogP contribution in [-0.2, 0) is 19.2 Å². The maximum atomic E-state index is 5.44. The Morgan fingerprint density at radius 2 is 2.17 bits per heavy atom. The molecule has 0 N–H and O–H groups in total. The molecule has 3 rings (SSSR count). The van der Waals surface area contributed by atoms with E-state index >= 15 is 0 Å². The summed E-state index contributed by atoms with van der Waals surface area (Å²) < 4.78 is 8.49. The van der Waals surface area contributed by atoms with Crippen molar-refractivity contribution in [2.45, 2.75) is 24.3 Å². The predicted octanol–water partition coefficient (Wildman–Crippen LogP) is 4.56. The summed E-state index contributed by atoms with van der Waals surface area (Å²) in [6, 6.07) is 5.94. The summed E-state index contributed by atoms with van der Waals surface area (Å²) in [5.74, 6) is 2.59. The van der Waals surface area contributed by atoms with E-state index in [-0.39, 0.29) is 0 Å². The minimum atomic E-state index is 0.766. The number of benzene rings is 1. The Bertz CT molecular complexity index is 846. The molecule has 0 fully saturated rings. The van der Waals surface area contributed by atoms with Crippen LogP contribution in [0, 0.1) is 0 Å². The van der Waals surface area contributed by atoms with Crippen molar-refractivity contribution < 1.29 is 4.74 Å². The van der Waals surface area contributed by atoms with Gasteiger partial charge in [-0.1, -0.05) is 34.6 Å². The van der Waals surface area contributed by atoms with Crippen molar-refractivity contribution in [3.05, 3.63) is 39.6 Å². The lowest BCUT2D eigenvalue weighted by Gasteiger charge is -2.06. The van der Waals surface area contributed by atoms with Crippen LogP contribution in [0.5, 0.6) is 5.75 Å². The molecule has 2 heterocycles. The van der Waals surface area contributed by atoms with Crippen LogP contribution in [-0.4, -0.2) is 26.9 Å². The van der Waals surface area contributed by atoms with Gasteiger partial charge in [-0.3, -0.25) is 0 Å². The third-order valence-electron chi connectivity index (χ3n) is 3.53. The highest BCUT2D eigenvalue weighted by atomic mass is 79.9. The molecule has 8 heteroatoms. The lowest BCUT2D eigenvalue weighted by molar-refractivity contribution is 0.416. The van der Waals surface area contributed by atoms with Crippen LogP contribution in [0.4, 0.5) is 0 Å². The highest BCUT2D eigenvalue weighted by molar-refractivity contribution is 9.10. The molecular weight excluding hydrogens is 408 g/mol. The molecule has 0 aliphatic heterocycles. The van der Waals surface area contributed by atoms with E-state index < -0.39 is 0 Å². The molecule has 0 radical (unpaired) electrons. The van der Waals surface area contributed by atoms with Gasteiger partial charge in [0.15, 0.2) is 5.16 Å². The normalized spacial score (nSPS) is 11.0. The smallest absolute Gasteiger partial charge is 0.191 e. The van der Waals surface area contributed by atoms with E-state index in [4.69, 9.17) is 9.72 Å². The second-order valence-electron chi connectivity index (χ2n) is 5.09. The predicted molar refractivity (Wildman–Crippen MR) is 102 cm³/mol. The highest BCUT2D eigenvalue weighted by Gasteiger charge is 2.13. The second-order valence-corrected chi connectivity index (χ2v) is 7.80. The van der Waals surface area contributed by atoms with Gasteiger partial charge in [0.05, 0.1) is 18.4 Å². The maximum Gasteiger partial charge on any atom is 0.191 e. The molecule has 24 heavy (non-hydrogen) atoms. The van der Waals surface area contributed by atoms with Crippen LogP contribution in [0.2, 0.25) is 0 Å². The third kappa shape index (κ3) is 3.65. The van der Waals surface area contributed by atoms with E-state index in [1.54, 1.807) is 30.2 Å². The Balaban J connectivity index is 1.76. The first-order chi connectivity index (χ1) is 11.6. The van der Waals surface area contributed by atoms with Crippen molar-refractivity contribution in [3.8, 4) is 16.3 Å². The monoisotopic (exact) mass is 424 g/mol. The zero-order valence-electron chi connectivity index (χ0n) is 13.6. The molecule has 0 atom stereocenters. The van der Waals surface area contributed by atoms with Crippen LogP contribution >= 0.6 is 39.0 Å². The molecule has 0 spiro atoms. The number of methoxy groups -OCH3 is 1. The number of ether oxygens (including phenoxy) is 1. The van der Waals surface area contributed by atoms with E-state index in [1.807, 2.05) is 29.8 Å². The van der Waals surface area contributed by atoms with E-state index in [1.165, 1.54) is 0 Å². The summed E-state index contributed by atoms with van der Waals surface area (Å²) in [5, 5.41) is 12.4. The van der Waals surface area contributed by atoms with Gasteiger partial charge in [-0.2, -0.15) is 0 Å². The quantitative estimate of drug-likeness (QED) is 0.542. The standard InChI is InChI=1S/C16H17BrN4OS2/c1-4-14-19-20-16(21(14)2)24-9-11-8-23-15(18-11)12-7-10(17)5-6-13(12)22-3/h5-8H,4,9H2,1-3H3. The van der Waals surface area contributed by atoms with Gasteiger partial charge < -0.3 is 9.30 Å². The molecule has 3 aromatic rings. The minimum Gasteiger partial charge on any atom is -0.496 e. The summed E-state index contributed by atoms with van der Waals surface area (Å²) in [6.45, 7) is 2.08. The minimum absolute atomic E-state index is 0.766. The van der Waals surface area contributed by atoms with Crippen molar-refractivity contribution in [2.75, 3.05) is 7.11 Å². The number of nitrogens with zero attached hydrogens (tertiary/aromatic N) is 4. The van der Waals surface area contributed by atoms with E-state index in [2.05, 4.69) is 38.4 Å². The second kappa shape index (κ2) is 7.67. The van der Waals surface area contributed by atoms with Gasteiger partial charge in [0.1, 0.15) is 16.6 Å². The molecule has 0 saturated heterocycles. The van der Waals surface area contributed by atoms with Crippen LogP contribution in [0.25, 0.3) is 10.6 Å². The molecule has 126 valence electrons. The first-order valence-electron chi connectivity index (χ1n) is 7.41. The van der Waals surface area contributed by atoms with E-state index in [9.17, 15) is 0 Å². The van der Waals surface area contributed by atoms with Gasteiger partial charge >= 0.3 is 0 Å². The highest BCUT2D eigenvalue weighted by Crippen LogP contribution is 2.35. The number of thiazole rings is 1. The molecule has 1 aromatic carbocycles. The van der Waals surface area contributed by atoms with Crippen LogP contribution in [0.3, 0.4) is 0 Å². The fourth-order valence-corrected chi connectivity index (χ4v) is 4.39. The van der Waals surface area contributed by atoms with Gasteiger partial charge in [-0.25, -0.2) is 4.98 Å². The SMILES string of the molecule is CCc1nnc(SCc2csc(-c3cc(Br)ccc3OC)n2)n1C. The molecule has 0 unspecified atom stereocenters. The summed E-state index contributed by atoms with van der Waals surface area (Å²) >= 11 is 6.78. The third-order valence-corrected chi connectivity index (χ3v) is 6.01. The van der Waals surface area contributed by atoms with Crippen molar-refractivity contribution >= 4 is 39.0 Å². The van der Waals surface area contributed by atoms with Crippen molar-refractivity contribution in [1.29, 1.82) is 0 Å². The number of aromatic nitrogens is 4. The van der Waals surface area contributed by atoms with Gasteiger partial charge in [-0.05, 0) is 18.2 Å². The summed E-state index contributed by atoms with van der Waals surface area (Å²) in [5.41, 5.74) is 2.03. The lowest BCUT2D eigenvalue weighted by atomic mass is 10.2. The molecule has 5 nitrogen and oxygen atoms in total. The Kier molecular flexibility index (Phi) is 5.57. The van der Waals surface area contributed by atoms with Crippen molar-refractivity contribution in [3.63, 3.8) is 0 Å². The fourth-order valence-electron chi connectivity index (χ4n) is 2.26. The average Bonchev–Trinajstić information content (AvgIpc) is 3.19. The molecule has 0 saturated carbocycles. The Labute approximate surface area is 157 Å². The Hall–Kier alpha value is -1.38. The zero-order chi connectivity index (χ0) is 17.1. The molecule has 0 amide bonds. The number of thioether (sulfide) groups is 1. The van der Waals surface area contributed by atoms with E-state index in [0.717, 1.165) is 49.6 Å². The van der Waals surface area contributed by atoms with Crippen molar-refractivity contribution in [1.82, 2.24) is 19.7 Å². The topological polar surface area (TPSA) is 52.8 Å². The molecule has 0 bridgehead atoms.